The summed E-state index contributed by atoms with van der Waals surface area (Å²) in [5.74, 6) is -0.206. The van der Waals surface area contributed by atoms with Crippen LogP contribution < -0.4 is 19.7 Å². The predicted molar refractivity (Wildman–Crippen MR) is 121 cm³/mol. The number of esters is 1. The van der Waals surface area contributed by atoms with Crippen LogP contribution in [0, 0.1) is 0 Å². The summed E-state index contributed by atoms with van der Waals surface area (Å²) in [6, 6.07) is 10.9. The zero-order chi connectivity index (χ0) is 22.2. The molecule has 0 aromatic heterocycles. The highest BCUT2D eigenvalue weighted by Crippen LogP contribution is 2.36. The molecule has 1 heterocycles. The van der Waals surface area contributed by atoms with Gasteiger partial charge in [0, 0.05) is 30.5 Å². The molecule has 3 rings (SSSR count). The van der Waals surface area contributed by atoms with Gasteiger partial charge < -0.3 is 24.4 Å². The van der Waals surface area contributed by atoms with Crippen LogP contribution in [0.2, 0.25) is 5.02 Å². The lowest BCUT2D eigenvalue weighted by molar-refractivity contribution is -0.142. The van der Waals surface area contributed by atoms with Crippen molar-refractivity contribution in [1.29, 1.82) is 0 Å². The zero-order valence-electron chi connectivity index (χ0n) is 17.5. The predicted octanol–water partition coefficient (Wildman–Crippen LogP) is 4.15. The van der Waals surface area contributed by atoms with E-state index in [0.717, 1.165) is 18.8 Å². The maximum absolute atomic E-state index is 12.1. The van der Waals surface area contributed by atoms with Gasteiger partial charge in [-0.1, -0.05) is 11.6 Å². The number of ether oxygens (including phenoxy) is 3. The van der Waals surface area contributed by atoms with E-state index in [9.17, 15) is 9.59 Å². The van der Waals surface area contributed by atoms with E-state index in [4.69, 9.17) is 25.8 Å². The minimum atomic E-state index is -0.648. The minimum absolute atomic E-state index is 0.352. The summed E-state index contributed by atoms with van der Waals surface area (Å²) < 4.78 is 15.4. The first-order valence-corrected chi connectivity index (χ1v) is 10.3. The summed E-state index contributed by atoms with van der Waals surface area (Å²) in [5, 5.41) is 3.07. The number of nitrogens with one attached hydrogen (secondary N) is 1. The lowest BCUT2D eigenvalue weighted by Crippen LogP contribution is -2.20. The molecule has 0 atom stereocenters. The van der Waals surface area contributed by atoms with Gasteiger partial charge in [0.05, 0.1) is 19.2 Å². The number of rotatable bonds is 8. The van der Waals surface area contributed by atoms with Crippen LogP contribution in [0.1, 0.15) is 18.4 Å². The molecule has 0 bridgehead atoms. The molecule has 0 unspecified atom stereocenters. The van der Waals surface area contributed by atoms with E-state index in [-0.39, 0.29) is 6.61 Å². The number of carbonyl (C=O) groups excluding carboxylic acids is 2. The summed E-state index contributed by atoms with van der Waals surface area (Å²) in [4.78, 5) is 26.3. The molecule has 1 aliphatic rings. The van der Waals surface area contributed by atoms with Gasteiger partial charge in [-0.25, -0.2) is 4.79 Å². The van der Waals surface area contributed by atoms with Crippen molar-refractivity contribution < 1.29 is 23.8 Å². The fourth-order valence-corrected chi connectivity index (χ4v) is 3.61. The summed E-state index contributed by atoms with van der Waals surface area (Å²) in [6.07, 6.45) is 5.15. The second kappa shape index (κ2) is 10.7. The molecule has 31 heavy (non-hydrogen) atoms. The third-order valence-electron chi connectivity index (χ3n) is 4.84. The lowest BCUT2D eigenvalue weighted by Gasteiger charge is -2.17. The number of halogens is 1. The Morgan fingerprint density at radius 1 is 1.10 bits per heavy atom. The smallest absolute Gasteiger partial charge is 0.331 e. The first-order chi connectivity index (χ1) is 15.0. The van der Waals surface area contributed by atoms with E-state index < -0.39 is 11.9 Å². The van der Waals surface area contributed by atoms with Crippen molar-refractivity contribution in [1.82, 2.24) is 0 Å². The molecular formula is C23H25ClN2O5. The number of carbonyl (C=O) groups is 2. The lowest BCUT2D eigenvalue weighted by atomic mass is 10.2. The number of methoxy groups -OCH3 is 2. The van der Waals surface area contributed by atoms with Crippen molar-refractivity contribution in [3.05, 3.63) is 53.1 Å². The van der Waals surface area contributed by atoms with Crippen LogP contribution in [0.4, 0.5) is 11.4 Å². The van der Waals surface area contributed by atoms with Gasteiger partial charge in [-0.05, 0) is 60.9 Å². The van der Waals surface area contributed by atoms with E-state index >= 15 is 0 Å². The van der Waals surface area contributed by atoms with Crippen molar-refractivity contribution in [2.45, 2.75) is 12.8 Å². The van der Waals surface area contributed by atoms with Crippen LogP contribution in [0.5, 0.6) is 11.5 Å². The van der Waals surface area contributed by atoms with Gasteiger partial charge in [-0.15, -0.1) is 0 Å². The fourth-order valence-electron chi connectivity index (χ4n) is 3.31. The second-order valence-electron chi connectivity index (χ2n) is 6.97. The number of anilines is 2. The molecule has 8 heteroatoms. The number of hydrogen-bond donors (Lipinski definition) is 1. The average Bonchev–Trinajstić information content (AvgIpc) is 3.31. The Morgan fingerprint density at radius 3 is 2.45 bits per heavy atom. The van der Waals surface area contributed by atoms with Crippen LogP contribution >= 0.6 is 11.6 Å². The van der Waals surface area contributed by atoms with Crippen LogP contribution in [0.25, 0.3) is 6.08 Å². The normalized spacial score (nSPS) is 13.3. The Hall–Kier alpha value is -3.19. The summed E-state index contributed by atoms with van der Waals surface area (Å²) in [7, 11) is 2.98. The van der Waals surface area contributed by atoms with Crippen LogP contribution in [0.3, 0.4) is 0 Å². The van der Waals surface area contributed by atoms with Crippen molar-refractivity contribution in [2.75, 3.05) is 44.1 Å². The number of benzene rings is 2. The molecule has 164 valence electrons. The first kappa shape index (κ1) is 22.5. The van der Waals surface area contributed by atoms with E-state index in [0.29, 0.717) is 27.8 Å². The van der Waals surface area contributed by atoms with Crippen LogP contribution in [0.15, 0.2) is 42.5 Å². The molecule has 1 amide bonds. The van der Waals surface area contributed by atoms with Gasteiger partial charge in [-0.3, -0.25) is 4.79 Å². The van der Waals surface area contributed by atoms with Gasteiger partial charge in [0.1, 0.15) is 0 Å². The molecule has 0 aliphatic carbocycles. The number of hydrogen-bond acceptors (Lipinski definition) is 6. The number of amides is 1. The van der Waals surface area contributed by atoms with E-state index in [1.54, 1.807) is 12.1 Å². The largest absolute Gasteiger partial charge is 0.493 e. The third-order valence-corrected chi connectivity index (χ3v) is 5.12. The molecule has 7 nitrogen and oxygen atoms in total. The Morgan fingerprint density at radius 2 is 1.81 bits per heavy atom. The summed E-state index contributed by atoms with van der Waals surface area (Å²) in [5.41, 5.74) is 2.42. The second-order valence-corrected chi connectivity index (χ2v) is 7.38. The Labute approximate surface area is 186 Å². The molecule has 2 aromatic carbocycles. The third kappa shape index (κ3) is 6.15. The maximum atomic E-state index is 12.1. The Balaban J connectivity index is 1.49. The van der Waals surface area contributed by atoms with Crippen LogP contribution in [-0.2, 0) is 14.3 Å². The molecule has 0 saturated carbocycles. The molecule has 1 fully saturated rings. The van der Waals surface area contributed by atoms with Gasteiger partial charge in [0.2, 0.25) is 0 Å². The average molecular weight is 445 g/mol. The highest BCUT2D eigenvalue weighted by Gasteiger charge is 2.13. The van der Waals surface area contributed by atoms with Gasteiger partial charge >= 0.3 is 5.97 Å². The molecule has 1 N–H and O–H groups in total. The quantitative estimate of drug-likeness (QED) is 0.486. The maximum Gasteiger partial charge on any atom is 0.331 e. The van der Waals surface area contributed by atoms with Gasteiger partial charge in [0.25, 0.3) is 5.91 Å². The SMILES string of the molecule is COc1cc(/C=C/C(=O)OCC(=O)Nc2ccc(N3CCCC3)cc2)cc(Cl)c1OC. The molecule has 2 aromatic rings. The topological polar surface area (TPSA) is 77.1 Å². The van der Waals surface area contributed by atoms with E-state index in [1.165, 1.54) is 39.2 Å². The van der Waals surface area contributed by atoms with Crippen molar-refractivity contribution >= 4 is 40.9 Å². The first-order valence-electron chi connectivity index (χ1n) is 9.91. The highest BCUT2D eigenvalue weighted by atomic mass is 35.5. The zero-order valence-corrected chi connectivity index (χ0v) is 18.3. The summed E-state index contributed by atoms with van der Waals surface area (Å²) in [6.45, 7) is 1.74. The van der Waals surface area contributed by atoms with Crippen molar-refractivity contribution in [3.63, 3.8) is 0 Å². The fraction of sp³-hybridized carbons (Fsp3) is 0.304. The Kier molecular flexibility index (Phi) is 7.78. The monoisotopic (exact) mass is 444 g/mol. The standard InChI is InChI=1S/C23H25ClN2O5/c1-29-20-14-16(13-19(24)23(20)30-2)5-10-22(28)31-15-21(27)25-17-6-8-18(9-7-17)26-11-3-4-12-26/h5-10,13-14H,3-4,11-12,15H2,1-2H3,(H,25,27)/b10-5+. The molecular weight excluding hydrogens is 420 g/mol. The van der Waals surface area contributed by atoms with Gasteiger partial charge in [0.15, 0.2) is 18.1 Å². The van der Waals surface area contributed by atoms with E-state index in [1.807, 2.05) is 24.3 Å². The summed E-state index contributed by atoms with van der Waals surface area (Å²) >= 11 is 6.14. The van der Waals surface area contributed by atoms with Crippen molar-refractivity contribution in [2.24, 2.45) is 0 Å². The molecule has 0 spiro atoms. The van der Waals surface area contributed by atoms with E-state index in [2.05, 4.69) is 10.2 Å². The minimum Gasteiger partial charge on any atom is -0.493 e. The van der Waals surface area contributed by atoms with Crippen molar-refractivity contribution in [3.8, 4) is 11.5 Å². The Bertz CT molecular complexity index is 953. The molecule has 1 aliphatic heterocycles. The molecule has 1 saturated heterocycles. The van der Waals surface area contributed by atoms with Crippen LogP contribution in [-0.4, -0.2) is 45.8 Å². The molecule has 0 radical (unpaired) electrons. The highest BCUT2D eigenvalue weighted by molar-refractivity contribution is 6.32. The number of nitrogens with zero attached hydrogens (tertiary/aromatic N) is 1. The van der Waals surface area contributed by atoms with Gasteiger partial charge in [-0.2, -0.15) is 0 Å².